The largest absolute Gasteiger partial charge is 0.378 e. The zero-order chi connectivity index (χ0) is 13.1. The summed E-state index contributed by atoms with van der Waals surface area (Å²) in [6.07, 6.45) is 5.13. The molecule has 5 nitrogen and oxygen atoms in total. The van der Waals surface area contributed by atoms with E-state index in [1.807, 2.05) is 6.92 Å². The SMILES string of the molecule is CC(N)CNc1c(Cl)cnn(CC2CCC2)c1=O. The fourth-order valence-corrected chi connectivity index (χ4v) is 2.13. The van der Waals surface area contributed by atoms with E-state index in [9.17, 15) is 4.79 Å². The van der Waals surface area contributed by atoms with Gasteiger partial charge in [-0.1, -0.05) is 18.0 Å². The van der Waals surface area contributed by atoms with E-state index in [0.717, 1.165) is 0 Å². The van der Waals surface area contributed by atoms with Gasteiger partial charge in [-0.2, -0.15) is 5.10 Å². The van der Waals surface area contributed by atoms with Crippen molar-refractivity contribution in [3.63, 3.8) is 0 Å². The standard InChI is InChI=1S/C12H19ClN4O/c1-8(14)5-15-11-10(13)6-16-17(12(11)18)7-9-3-2-4-9/h6,8-9,15H,2-5,7,14H2,1H3. The molecule has 1 unspecified atom stereocenters. The van der Waals surface area contributed by atoms with Crippen LogP contribution in [0.3, 0.4) is 0 Å². The zero-order valence-corrected chi connectivity index (χ0v) is 11.3. The highest BCUT2D eigenvalue weighted by atomic mass is 35.5. The smallest absolute Gasteiger partial charge is 0.291 e. The van der Waals surface area contributed by atoms with E-state index in [1.165, 1.54) is 30.1 Å². The Hall–Kier alpha value is -1.07. The lowest BCUT2D eigenvalue weighted by Crippen LogP contribution is -2.33. The minimum atomic E-state index is -0.157. The molecular formula is C12H19ClN4O. The average Bonchev–Trinajstić information content (AvgIpc) is 2.25. The molecule has 1 atom stereocenters. The number of nitrogens with two attached hydrogens (primary N) is 1. The maximum atomic E-state index is 12.2. The van der Waals surface area contributed by atoms with E-state index in [2.05, 4.69) is 10.4 Å². The molecule has 1 aromatic heterocycles. The van der Waals surface area contributed by atoms with Crippen LogP contribution in [0.15, 0.2) is 11.0 Å². The molecule has 1 heterocycles. The molecule has 0 amide bonds. The second kappa shape index (κ2) is 5.71. The van der Waals surface area contributed by atoms with E-state index in [0.29, 0.717) is 29.7 Å². The Morgan fingerprint density at radius 1 is 1.67 bits per heavy atom. The van der Waals surface area contributed by atoms with Gasteiger partial charge in [0.2, 0.25) is 0 Å². The van der Waals surface area contributed by atoms with Gasteiger partial charge >= 0.3 is 0 Å². The molecule has 0 saturated heterocycles. The van der Waals surface area contributed by atoms with Crippen LogP contribution in [0.5, 0.6) is 0 Å². The van der Waals surface area contributed by atoms with Crippen LogP contribution >= 0.6 is 11.6 Å². The second-order valence-corrected chi connectivity index (χ2v) is 5.42. The van der Waals surface area contributed by atoms with Gasteiger partial charge < -0.3 is 11.1 Å². The van der Waals surface area contributed by atoms with Gasteiger partial charge in [-0.25, -0.2) is 4.68 Å². The van der Waals surface area contributed by atoms with Crippen molar-refractivity contribution in [2.24, 2.45) is 11.7 Å². The number of aromatic nitrogens is 2. The van der Waals surface area contributed by atoms with Crippen molar-refractivity contribution in [1.29, 1.82) is 0 Å². The summed E-state index contributed by atoms with van der Waals surface area (Å²) in [6.45, 7) is 3.07. The fourth-order valence-electron chi connectivity index (χ4n) is 1.94. The van der Waals surface area contributed by atoms with Gasteiger partial charge in [0.15, 0.2) is 0 Å². The lowest BCUT2D eigenvalue weighted by molar-refractivity contribution is 0.262. The van der Waals surface area contributed by atoms with Gasteiger partial charge in [0.25, 0.3) is 5.56 Å². The molecule has 0 aliphatic heterocycles. The summed E-state index contributed by atoms with van der Waals surface area (Å²) in [5.41, 5.74) is 5.91. The quantitative estimate of drug-likeness (QED) is 0.850. The maximum Gasteiger partial charge on any atom is 0.291 e. The van der Waals surface area contributed by atoms with Gasteiger partial charge in [0.1, 0.15) is 5.69 Å². The number of rotatable bonds is 5. The van der Waals surface area contributed by atoms with Crippen LogP contribution in [0.4, 0.5) is 5.69 Å². The highest BCUT2D eigenvalue weighted by molar-refractivity contribution is 6.32. The molecule has 0 spiro atoms. The van der Waals surface area contributed by atoms with Crippen LogP contribution in [0.25, 0.3) is 0 Å². The summed E-state index contributed by atoms with van der Waals surface area (Å²) < 4.78 is 1.50. The van der Waals surface area contributed by atoms with Gasteiger partial charge in [0.05, 0.1) is 11.2 Å². The van der Waals surface area contributed by atoms with Crippen molar-refractivity contribution in [3.05, 3.63) is 21.6 Å². The molecule has 1 fully saturated rings. The Labute approximate surface area is 111 Å². The highest BCUT2D eigenvalue weighted by Gasteiger charge is 2.20. The predicted octanol–water partition coefficient (Wildman–Crippen LogP) is 1.46. The summed E-state index contributed by atoms with van der Waals surface area (Å²) in [6, 6.07) is -0.0336. The van der Waals surface area contributed by atoms with Crippen molar-refractivity contribution < 1.29 is 0 Å². The van der Waals surface area contributed by atoms with E-state index in [4.69, 9.17) is 17.3 Å². The molecule has 0 aromatic carbocycles. The van der Waals surface area contributed by atoms with E-state index in [1.54, 1.807) is 0 Å². The maximum absolute atomic E-state index is 12.2. The lowest BCUT2D eigenvalue weighted by Gasteiger charge is -2.25. The number of nitrogens with one attached hydrogen (secondary N) is 1. The number of nitrogens with zero attached hydrogens (tertiary/aromatic N) is 2. The minimum absolute atomic E-state index is 0.0336. The van der Waals surface area contributed by atoms with Gasteiger partial charge in [-0.15, -0.1) is 0 Å². The van der Waals surface area contributed by atoms with E-state index < -0.39 is 0 Å². The average molecular weight is 271 g/mol. The van der Waals surface area contributed by atoms with Crippen LogP contribution < -0.4 is 16.6 Å². The molecule has 6 heteroatoms. The van der Waals surface area contributed by atoms with Crippen molar-refractivity contribution in [2.45, 2.75) is 38.8 Å². The third-order valence-electron chi connectivity index (χ3n) is 3.25. The number of hydrogen-bond donors (Lipinski definition) is 2. The molecule has 1 aliphatic carbocycles. The Kier molecular flexibility index (Phi) is 4.24. The molecule has 0 bridgehead atoms. The number of halogens is 1. The van der Waals surface area contributed by atoms with Crippen molar-refractivity contribution in [1.82, 2.24) is 9.78 Å². The summed E-state index contributed by atoms with van der Waals surface area (Å²) >= 11 is 5.99. The van der Waals surface area contributed by atoms with Crippen LogP contribution in [0.1, 0.15) is 26.2 Å². The molecule has 3 N–H and O–H groups in total. The van der Waals surface area contributed by atoms with Crippen molar-refractivity contribution in [2.75, 3.05) is 11.9 Å². The Balaban J connectivity index is 2.16. The normalized spacial score (nSPS) is 17.3. The molecule has 1 aromatic rings. The van der Waals surface area contributed by atoms with Gasteiger partial charge in [0, 0.05) is 19.1 Å². The number of hydrogen-bond acceptors (Lipinski definition) is 4. The molecular weight excluding hydrogens is 252 g/mol. The van der Waals surface area contributed by atoms with Crippen molar-refractivity contribution in [3.8, 4) is 0 Å². The van der Waals surface area contributed by atoms with Gasteiger partial charge in [-0.3, -0.25) is 4.79 Å². The molecule has 100 valence electrons. The Morgan fingerprint density at radius 3 is 2.94 bits per heavy atom. The van der Waals surface area contributed by atoms with Crippen LogP contribution in [0, 0.1) is 5.92 Å². The first-order valence-corrected chi connectivity index (χ1v) is 6.71. The van der Waals surface area contributed by atoms with E-state index in [-0.39, 0.29) is 11.6 Å². The second-order valence-electron chi connectivity index (χ2n) is 5.01. The molecule has 0 radical (unpaired) electrons. The third kappa shape index (κ3) is 3.03. The Bertz CT molecular complexity index is 468. The van der Waals surface area contributed by atoms with Crippen LogP contribution in [-0.2, 0) is 6.54 Å². The fraction of sp³-hybridized carbons (Fsp3) is 0.667. The number of anilines is 1. The summed E-state index contributed by atoms with van der Waals surface area (Å²) in [5.74, 6) is 0.581. The first kappa shape index (κ1) is 13.4. The molecule has 1 saturated carbocycles. The molecule has 2 rings (SSSR count). The zero-order valence-electron chi connectivity index (χ0n) is 10.5. The van der Waals surface area contributed by atoms with Crippen molar-refractivity contribution >= 4 is 17.3 Å². The van der Waals surface area contributed by atoms with Crippen LogP contribution in [0.2, 0.25) is 5.02 Å². The third-order valence-corrected chi connectivity index (χ3v) is 3.54. The predicted molar refractivity (Wildman–Crippen MR) is 73.0 cm³/mol. The summed E-state index contributed by atoms with van der Waals surface area (Å²) in [7, 11) is 0. The first-order valence-electron chi connectivity index (χ1n) is 6.33. The van der Waals surface area contributed by atoms with E-state index >= 15 is 0 Å². The monoisotopic (exact) mass is 270 g/mol. The van der Waals surface area contributed by atoms with Gasteiger partial charge in [-0.05, 0) is 25.7 Å². The van der Waals surface area contributed by atoms with Crippen LogP contribution in [-0.4, -0.2) is 22.4 Å². The Morgan fingerprint density at radius 2 is 2.39 bits per heavy atom. The first-order chi connectivity index (χ1) is 8.58. The summed E-state index contributed by atoms with van der Waals surface area (Å²) in [4.78, 5) is 12.2. The highest BCUT2D eigenvalue weighted by Crippen LogP contribution is 2.27. The lowest BCUT2D eigenvalue weighted by atomic mass is 9.85. The summed E-state index contributed by atoms with van der Waals surface area (Å²) in [5, 5.41) is 7.44. The molecule has 1 aliphatic rings. The topological polar surface area (TPSA) is 72.9 Å². The molecule has 18 heavy (non-hydrogen) atoms. The minimum Gasteiger partial charge on any atom is -0.378 e.